The quantitative estimate of drug-likeness (QED) is 0.158. The number of rotatable bonds is 5. The molecule has 2 spiro atoms. The second-order valence-corrected chi connectivity index (χ2v) is 24.3. The van der Waals surface area contributed by atoms with E-state index in [-0.39, 0.29) is 5.78 Å². The first-order valence-electron chi connectivity index (χ1n) is 30.0. The van der Waals surface area contributed by atoms with Crippen LogP contribution >= 0.6 is 0 Å². The summed E-state index contributed by atoms with van der Waals surface area (Å²) in [6.07, 6.45) is 0. The molecule has 4 aliphatic rings. The topological polar surface area (TPSA) is 26.9 Å². The van der Waals surface area contributed by atoms with Crippen LogP contribution in [0.15, 0.2) is 279 Å². The Morgan fingerprint density at radius 1 is 0.279 bits per heavy atom. The lowest BCUT2D eigenvalue weighted by Gasteiger charge is -2.31. The average Bonchev–Trinajstić information content (AvgIpc) is 1.52. The van der Waals surface area contributed by atoms with Crippen molar-refractivity contribution in [2.45, 2.75) is 24.7 Å². The Bertz CT molecular complexity index is 5230. The molecule has 3 heteroatoms. The lowest BCUT2D eigenvalue weighted by molar-refractivity contribution is 0.103. The Kier molecular flexibility index (Phi) is 9.48. The number of hydrogen-bond acceptors (Lipinski definition) is 1. The van der Waals surface area contributed by atoms with Crippen molar-refractivity contribution in [1.29, 1.82) is 0 Å². The van der Waals surface area contributed by atoms with Crippen LogP contribution in [0.25, 0.3) is 111 Å². The van der Waals surface area contributed by atoms with E-state index in [2.05, 4.69) is 302 Å². The lowest BCUT2D eigenvalue weighted by Crippen LogP contribution is -2.27. The molecule has 0 radical (unpaired) electrons. The summed E-state index contributed by atoms with van der Waals surface area (Å²) in [6.45, 7) is 4.39. The number of benzene rings is 13. The fourth-order valence-electron chi connectivity index (χ4n) is 16.6. The standard InChI is InChI=1S/C83H52N2O/c1-49-31-32-50(2)68(43-49)51-33-38-60-61-40-35-52(45-73(61)82(72(60)44-51)69-24-10-3-17-56(69)57-18-4-11-25-70(57)82)81(86)53-34-39-59-58-19-5-12-26-71(58)83(74(59)46-53)75-47-54(84-77-27-13-6-20-64(77)65-21-7-14-28-78(65)84)36-41-62(75)63-42-37-55(48-76(63)83)85-79-29-15-8-22-66(79)67-23-9-16-30-80(67)85/h3-48H,1-2H3. The number of ketones is 1. The molecular weight excluding hydrogens is 1040 g/mol. The highest BCUT2D eigenvalue weighted by Crippen LogP contribution is 2.65. The smallest absolute Gasteiger partial charge is 0.193 e. The van der Waals surface area contributed by atoms with Gasteiger partial charge in [-0.1, -0.05) is 218 Å². The summed E-state index contributed by atoms with van der Waals surface area (Å²) in [7, 11) is 0. The molecule has 0 atom stereocenters. The van der Waals surface area contributed by atoms with Crippen LogP contribution in [0.4, 0.5) is 0 Å². The molecule has 0 amide bonds. The molecule has 0 N–H and O–H groups in total. The molecule has 0 saturated carbocycles. The van der Waals surface area contributed by atoms with E-state index in [1.54, 1.807) is 0 Å². The van der Waals surface area contributed by atoms with Crippen LogP contribution in [0.1, 0.15) is 71.6 Å². The molecule has 3 nitrogen and oxygen atoms in total. The maximum Gasteiger partial charge on any atom is 0.193 e. The molecule has 2 aromatic heterocycles. The number of hydrogen-bond donors (Lipinski definition) is 0. The minimum atomic E-state index is -0.801. The molecule has 4 aliphatic carbocycles. The van der Waals surface area contributed by atoms with Gasteiger partial charge in [0.15, 0.2) is 5.78 Å². The molecule has 86 heavy (non-hydrogen) atoms. The molecule has 0 saturated heterocycles. The van der Waals surface area contributed by atoms with Crippen molar-refractivity contribution in [3.63, 3.8) is 0 Å². The molecule has 0 fully saturated rings. The van der Waals surface area contributed by atoms with Crippen molar-refractivity contribution in [1.82, 2.24) is 9.13 Å². The molecule has 15 aromatic rings. The van der Waals surface area contributed by atoms with Crippen LogP contribution in [-0.2, 0) is 10.8 Å². The van der Waals surface area contributed by atoms with Gasteiger partial charge in [-0.15, -0.1) is 0 Å². The number of carbonyl (C=O) groups excluding carboxylic acids is 1. The fraction of sp³-hybridized carbons (Fsp3) is 0.0482. The summed E-state index contributed by atoms with van der Waals surface area (Å²) in [6, 6.07) is 103. The van der Waals surface area contributed by atoms with Crippen molar-refractivity contribution >= 4 is 49.4 Å². The summed E-state index contributed by atoms with van der Waals surface area (Å²) in [5.41, 5.74) is 30.9. The number of aromatic nitrogens is 2. The normalized spacial score (nSPS) is 13.9. The van der Waals surface area contributed by atoms with Gasteiger partial charge in [0.05, 0.1) is 32.9 Å². The number of para-hydroxylation sites is 4. The molecule has 13 aromatic carbocycles. The predicted molar refractivity (Wildman–Crippen MR) is 353 cm³/mol. The molecular formula is C83H52N2O. The molecule has 400 valence electrons. The van der Waals surface area contributed by atoms with Crippen molar-refractivity contribution in [3.05, 3.63) is 346 Å². The zero-order valence-electron chi connectivity index (χ0n) is 47.4. The van der Waals surface area contributed by atoms with E-state index in [0.717, 1.165) is 55.7 Å². The highest BCUT2D eigenvalue weighted by Gasteiger charge is 2.54. The minimum absolute atomic E-state index is 0.0000362. The number of nitrogens with zero attached hydrogens (tertiary/aromatic N) is 2. The highest BCUT2D eigenvalue weighted by molar-refractivity contribution is 6.13. The van der Waals surface area contributed by atoms with Crippen LogP contribution < -0.4 is 0 Å². The van der Waals surface area contributed by atoms with E-state index in [0.29, 0.717) is 11.1 Å². The number of fused-ring (bicyclic) bond motifs is 26. The van der Waals surface area contributed by atoms with Crippen LogP contribution in [-0.4, -0.2) is 14.9 Å². The van der Waals surface area contributed by atoms with Gasteiger partial charge in [0, 0.05) is 44.0 Å². The van der Waals surface area contributed by atoms with Gasteiger partial charge < -0.3 is 9.13 Å². The van der Waals surface area contributed by atoms with E-state index in [1.807, 2.05) is 0 Å². The van der Waals surface area contributed by atoms with Gasteiger partial charge in [-0.05, 0) is 186 Å². The number of aryl methyl sites for hydroxylation is 2. The largest absolute Gasteiger partial charge is 0.309 e. The van der Waals surface area contributed by atoms with Crippen LogP contribution in [0, 0.1) is 13.8 Å². The Morgan fingerprint density at radius 2 is 0.616 bits per heavy atom. The first kappa shape index (κ1) is 47.6. The zero-order chi connectivity index (χ0) is 56.7. The van der Waals surface area contributed by atoms with Gasteiger partial charge in [-0.25, -0.2) is 0 Å². The second-order valence-electron chi connectivity index (χ2n) is 24.3. The van der Waals surface area contributed by atoms with E-state index in [9.17, 15) is 0 Å². The Balaban J connectivity index is 0.841. The molecule has 0 unspecified atom stereocenters. The molecule has 2 heterocycles. The van der Waals surface area contributed by atoms with E-state index in [4.69, 9.17) is 0 Å². The third-order valence-corrected chi connectivity index (χ3v) is 20.1. The average molecular weight is 1090 g/mol. The minimum Gasteiger partial charge on any atom is -0.309 e. The Labute approximate surface area is 498 Å². The second kappa shape index (κ2) is 17.1. The SMILES string of the molecule is Cc1ccc(C)c(-c2ccc3c(c2)C2(c4ccccc4-c4ccccc42)c2cc(C(=O)c4ccc5c(c4)C4(c6ccccc6-5)c5cc(-n6c7ccccc7c7ccccc76)ccc5-c5ccc(-n6c7ccccc7c7ccccc76)cc54)ccc2-3)c1. The fourth-order valence-corrected chi connectivity index (χ4v) is 16.6. The van der Waals surface area contributed by atoms with Gasteiger partial charge in [-0.3, -0.25) is 4.79 Å². The molecule has 0 aliphatic heterocycles. The molecule has 19 rings (SSSR count). The highest BCUT2D eigenvalue weighted by atomic mass is 16.1. The summed E-state index contributed by atoms with van der Waals surface area (Å²) in [5, 5.41) is 4.90. The maximum atomic E-state index is 16.2. The monoisotopic (exact) mass is 1090 g/mol. The lowest BCUT2D eigenvalue weighted by atomic mass is 9.69. The van der Waals surface area contributed by atoms with Crippen LogP contribution in [0.5, 0.6) is 0 Å². The first-order valence-corrected chi connectivity index (χ1v) is 30.0. The third-order valence-electron chi connectivity index (χ3n) is 20.1. The zero-order valence-corrected chi connectivity index (χ0v) is 47.4. The Hall–Kier alpha value is -10.9. The van der Waals surface area contributed by atoms with Gasteiger partial charge in [0.25, 0.3) is 0 Å². The van der Waals surface area contributed by atoms with Crippen LogP contribution in [0.2, 0.25) is 0 Å². The summed E-state index contributed by atoms with van der Waals surface area (Å²) in [4.78, 5) is 16.2. The van der Waals surface area contributed by atoms with Gasteiger partial charge in [0.1, 0.15) is 0 Å². The van der Waals surface area contributed by atoms with Gasteiger partial charge in [-0.2, -0.15) is 0 Å². The van der Waals surface area contributed by atoms with Crippen LogP contribution in [0.3, 0.4) is 0 Å². The van der Waals surface area contributed by atoms with E-state index in [1.165, 1.54) is 111 Å². The van der Waals surface area contributed by atoms with Crippen molar-refractivity contribution < 1.29 is 4.79 Å². The first-order chi connectivity index (χ1) is 42.4. The molecule has 0 bridgehead atoms. The maximum absolute atomic E-state index is 16.2. The third kappa shape index (κ3) is 5.99. The summed E-state index contributed by atoms with van der Waals surface area (Å²) < 4.78 is 4.88. The van der Waals surface area contributed by atoms with Crippen molar-refractivity contribution in [2.75, 3.05) is 0 Å². The predicted octanol–water partition coefficient (Wildman–Crippen LogP) is 20.1. The van der Waals surface area contributed by atoms with Gasteiger partial charge in [0.2, 0.25) is 0 Å². The number of carbonyl (C=O) groups is 1. The summed E-state index contributed by atoms with van der Waals surface area (Å²) in [5.74, 6) is -0.0000362. The van der Waals surface area contributed by atoms with Crippen molar-refractivity contribution in [3.8, 4) is 67.0 Å². The van der Waals surface area contributed by atoms with Gasteiger partial charge >= 0.3 is 0 Å². The van der Waals surface area contributed by atoms with E-state index >= 15 is 4.79 Å². The van der Waals surface area contributed by atoms with Crippen molar-refractivity contribution in [2.24, 2.45) is 0 Å². The summed E-state index contributed by atoms with van der Waals surface area (Å²) >= 11 is 0. The van der Waals surface area contributed by atoms with E-state index < -0.39 is 10.8 Å². The Morgan fingerprint density at radius 3 is 1.06 bits per heavy atom.